The third-order valence-electron chi connectivity index (χ3n) is 2.98. The van der Waals surface area contributed by atoms with Crippen molar-refractivity contribution in [3.63, 3.8) is 0 Å². The number of carbonyl (C=O) groups excluding carboxylic acids is 2. The quantitative estimate of drug-likeness (QED) is 0.627. The van der Waals surface area contributed by atoms with Crippen molar-refractivity contribution >= 4 is 21.9 Å². The molecule has 1 aliphatic heterocycles. The van der Waals surface area contributed by atoms with Gasteiger partial charge < -0.3 is 14.2 Å². The molecule has 0 aliphatic carbocycles. The topological polar surface area (TPSA) is 99.2 Å². The van der Waals surface area contributed by atoms with Gasteiger partial charge in [-0.15, -0.1) is 0 Å². The molecular formula is C11H19NO7S. The van der Waals surface area contributed by atoms with Gasteiger partial charge in [-0.25, -0.2) is 18.0 Å². The van der Waals surface area contributed by atoms with Crippen molar-refractivity contribution in [3.05, 3.63) is 0 Å². The summed E-state index contributed by atoms with van der Waals surface area (Å²) in [6.45, 7) is -0.0479. The van der Waals surface area contributed by atoms with Gasteiger partial charge >= 0.3 is 12.1 Å². The number of rotatable bonds is 5. The van der Waals surface area contributed by atoms with Gasteiger partial charge in [0.2, 0.25) is 0 Å². The zero-order valence-corrected chi connectivity index (χ0v) is 12.5. The molecule has 0 saturated carbocycles. The van der Waals surface area contributed by atoms with Gasteiger partial charge in [0.05, 0.1) is 25.5 Å². The van der Waals surface area contributed by atoms with Crippen LogP contribution in [0.15, 0.2) is 0 Å². The van der Waals surface area contributed by atoms with Gasteiger partial charge in [-0.1, -0.05) is 0 Å². The van der Waals surface area contributed by atoms with E-state index >= 15 is 0 Å². The minimum absolute atomic E-state index is 0.202. The number of ether oxygens (including phenoxy) is 3. The summed E-state index contributed by atoms with van der Waals surface area (Å²) in [5, 5.41) is 0. The second-order valence-electron chi connectivity index (χ2n) is 4.53. The van der Waals surface area contributed by atoms with E-state index in [1.54, 1.807) is 0 Å². The Kier molecular flexibility index (Phi) is 5.75. The van der Waals surface area contributed by atoms with Crippen LogP contribution in [0.5, 0.6) is 0 Å². The molecule has 0 bridgehead atoms. The number of nitrogens with zero attached hydrogens (tertiary/aromatic N) is 1. The van der Waals surface area contributed by atoms with E-state index in [0.717, 1.165) is 6.26 Å². The Morgan fingerprint density at radius 3 is 2.45 bits per heavy atom. The SMILES string of the molecule is COC(=O)[C@@H]1C[C@H](OC)CN1C(=O)OCCS(C)(=O)=O. The second kappa shape index (κ2) is 6.89. The number of likely N-dealkylation sites (tertiary alicyclic amines) is 1. The van der Waals surface area contributed by atoms with Gasteiger partial charge in [-0.2, -0.15) is 0 Å². The fourth-order valence-corrected chi connectivity index (χ4v) is 2.28. The van der Waals surface area contributed by atoms with Crippen LogP contribution in [0.4, 0.5) is 4.79 Å². The van der Waals surface area contributed by atoms with E-state index in [0.29, 0.717) is 6.42 Å². The van der Waals surface area contributed by atoms with Crippen LogP contribution < -0.4 is 0 Å². The molecule has 2 atom stereocenters. The van der Waals surface area contributed by atoms with E-state index in [2.05, 4.69) is 4.74 Å². The monoisotopic (exact) mass is 309 g/mol. The lowest BCUT2D eigenvalue weighted by atomic mass is 10.2. The summed E-state index contributed by atoms with van der Waals surface area (Å²) < 4.78 is 36.5. The number of carbonyl (C=O) groups is 2. The van der Waals surface area contributed by atoms with E-state index in [9.17, 15) is 18.0 Å². The number of sulfone groups is 1. The summed E-state index contributed by atoms with van der Waals surface area (Å²) in [4.78, 5) is 24.7. The van der Waals surface area contributed by atoms with E-state index < -0.39 is 27.9 Å². The van der Waals surface area contributed by atoms with Crippen LogP contribution in [0.3, 0.4) is 0 Å². The fraction of sp³-hybridized carbons (Fsp3) is 0.818. The first kappa shape index (κ1) is 16.7. The largest absolute Gasteiger partial charge is 0.467 e. The normalized spacial score (nSPS) is 22.6. The molecule has 0 N–H and O–H groups in total. The smallest absolute Gasteiger partial charge is 0.410 e. The Morgan fingerprint density at radius 2 is 1.95 bits per heavy atom. The zero-order chi connectivity index (χ0) is 15.3. The number of hydrogen-bond donors (Lipinski definition) is 0. The van der Waals surface area contributed by atoms with Crippen molar-refractivity contribution in [1.82, 2.24) is 4.90 Å². The Bertz CT molecular complexity index is 461. The van der Waals surface area contributed by atoms with Crippen molar-refractivity contribution in [1.29, 1.82) is 0 Å². The van der Waals surface area contributed by atoms with E-state index in [1.807, 2.05) is 0 Å². The molecule has 0 aromatic rings. The van der Waals surface area contributed by atoms with Gasteiger partial charge in [0, 0.05) is 19.8 Å². The van der Waals surface area contributed by atoms with E-state index in [1.165, 1.54) is 19.1 Å². The number of hydrogen-bond acceptors (Lipinski definition) is 7. The lowest BCUT2D eigenvalue weighted by molar-refractivity contribution is -0.145. The fourth-order valence-electron chi connectivity index (χ4n) is 1.89. The third-order valence-corrected chi connectivity index (χ3v) is 3.89. The minimum Gasteiger partial charge on any atom is -0.467 e. The van der Waals surface area contributed by atoms with Crippen molar-refractivity contribution in [2.24, 2.45) is 0 Å². The molecule has 0 aromatic carbocycles. The highest BCUT2D eigenvalue weighted by Gasteiger charge is 2.41. The van der Waals surface area contributed by atoms with Crippen LogP contribution in [0.2, 0.25) is 0 Å². The number of esters is 1. The van der Waals surface area contributed by atoms with E-state index in [4.69, 9.17) is 9.47 Å². The highest BCUT2D eigenvalue weighted by atomic mass is 32.2. The number of amides is 1. The maximum absolute atomic E-state index is 11.9. The Morgan fingerprint density at radius 1 is 1.30 bits per heavy atom. The van der Waals surface area contributed by atoms with Crippen LogP contribution in [-0.2, 0) is 28.8 Å². The predicted octanol–water partition coefficient (Wildman–Crippen LogP) is -0.570. The molecule has 1 rings (SSSR count). The van der Waals surface area contributed by atoms with Crippen molar-refractivity contribution in [3.8, 4) is 0 Å². The molecule has 20 heavy (non-hydrogen) atoms. The standard InChI is InChI=1S/C11H19NO7S/c1-17-8-6-9(10(13)18-2)12(7-8)11(14)19-4-5-20(3,15)16/h8-9H,4-7H2,1-3H3/t8-,9-/m0/s1. The van der Waals surface area contributed by atoms with Crippen LogP contribution in [0.1, 0.15) is 6.42 Å². The van der Waals surface area contributed by atoms with Crippen LogP contribution in [0, 0.1) is 0 Å². The third kappa shape index (κ3) is 4.64. The Hall–Kier alpha value is -1.35. The second-order valence-corrected chi connectivity index (χ2v) is 6.79. The Balaban J connectivity index is 2.61. The molecule has 0 spiro atoms. The highest BCUT2D eigenvalue weighted by molar-refractivity contribution is 7.90. The molecule has 1 heterocycles. The lowest BCUT2D eigenvalue weighted by Gasteiger charge is -2.21. The van der Waals surface area contributed by atoms with Crippen LogP contribution in [0.25, 0.3) is 0 Å². The molecule has 9 heteroatoms. The van der Waals surface area contributed by atoms with Crippen molar-refractivity contribution in [2.45, 2.75) is 18.6 Å². The molecule has 116 valence electrons. The summed E-state index contributed by atoms with van der Waals surface area (Å²) in [6, 6.07) is -0.768. The number of methoxy groups -OCH3 is 2. The maximum atomic E-state index is 11.9. The van der Waals surface area contributed by atoms with Crippen LogP contribution in [-0.4, -0.2) is 76.9 Å². The van der Waals surface area contributed by atoms with Crippen molar-refractivity contribution in [2.75, 3.05) is 39.4 Å². The highest BCUT2D eigenvalue weighted by Crippen LogP contribution is 2.21. The maximum Gasteiger partial charge on any atom is 0.410 e. The first-order chi connectivity index (χ1) is 9.28. The predicted molar refractivity (Wildman–Crippen MR) is 69.0 cm³/mol. The Labute approximate surface area is 117 Å². The molecule has 1 saturated heterocycles. The summed E-state index contributed by atoms with van der Waals surface area (Å²) in [7, 11) is -0.490. The molecular weight excluding hydrogens is 290 g/mol. The van der Waals surface area contributed by atoms with Crippen molar-refractivity contribution < 1.29 is 32.2 Å². The zero-order valence-electron chi connectivity index (χ0n) is 11.7. The summed E-state index contributed by atoms with van der Waals surface area (Å²) >= 11 is 0. The summed E-state index contributed by atoms with van der Waals surface area (Å²) in [6.07, 6.45) is 0.351. The first-order valence-corrected chi connectivity index (χ1v) is 8.06. The lowest BCUT2D eigenvalue weighted by Crippen LogP contribution is -2.42. The molecule has 1 fully saturated rings. The van der Waals surface area contributed by atoms with Gasteiger partial charge in [0.15, 0.2) is 9.84 Å². The van der Waals surface area contributed by atoms with Crippen LogP contribution >= 0.6 is 0 Å². The van der Waals surface area contributed by atoms with Gasteiger partial charge in [0.1, 0.15) is 12.6 Å². The minimum atomic E-state index is -3.21. The molecule has 8 nitrogen and oxygen atoms in total. The average Bonchev–Trinajstić information content (AvgIpc) is 2.80. The first-order valence-electron chi connectivity index (χ1n) is 6.00. The molecule has 1 amide bonds. The van der Waals surface area contributed by atoms with E-state index in [-0.39, 0.29) is 25.0 Å². The molecule has 1 aliphatic rings. The van der Waals surface area contributed by atoms with Gasteiger partial charge in [0.25, 0.3) is 0 Å². The van der Waals surface area contributed by atoms with Gasteiger partial charge in [-0.05, 0) is 0 Å². The molecule has 0 aromatic heterocycles. The van der Waals surface area contributed by atoms with Gasteiger partial charge in [-0.3, -0.25) is 4.90 Å². The average molecular weight is 309 g/mol. The summed E-state index contributed by atoms with van der Waals surface area (Å²) in [5.41, 5.74) is 0. The molecule has 0 radical (unpaired) electrons. The molecule has 0 unspecified atom stereocenters. The summed E-state index contributed by atoms with van der Waals surface area (Å²) in [5.74, 6) is -0.812.